The van der Waals surface area contributed by atoms with E-state index in [1.165, 1.54) is 36.0 Å². The van der Waals surface area contributed by atoms with Crippen LogP contribution in [0.25, 0.3) is 0 Å². The molecule has 0 bridgehead atoms. The Balaban J connectivity index is 1.20. The normalized spacial score (nSPS) is 19.1. The maximum Gasteiger partial charge on any atom is 0.123 e. The highest BCUT2D eigenvalue weighted by Gasteiger charge is 2.25. The second-order valence-corrected chi connectivity index (χ2v) is 9.46. The van der Waals surface area contributed by atoms with Gasteiger partial charge >= 0.3 is 0 Å². The molecule has 2 unspecified atom stereocenters. The number of likely N-dealkylation sites (tertiary alicyclic amines) is 1. The van der Waals surface area contributed by atoms with Gasteiger partial charge in [0.2, 0.25) is 0 Å². The number of piperidine rings is 1. The summed E-state index contributed by atoms with van der Waals surface area (Å²) in [6.45, 7) is 6.35. The van der Waals surface area contributed by atoms with Crippen LogP contribution in [0.5, 0.6) is 0 Å². The predicted octanol–water partition coefficient (Wildman–Crippen LogP) is 7.26. The minimum atomic E-state index is -0.159. The Morgan fingerprint density at radius 2 is 1.52 bits per heavy atom. The molecule has 1 aliphatic heterocycles. The summed E-state index contributed by atoms with van der Waals surface area (Å²) in [6, 6.07) is 28.0. The van der Waals surface area contributed by atoms with Crippen molar-refractivity contribution in [1.29, 1.82) is 0 Å². The molecular formula is C30H36FNO. The van der Waals surface area contributed by atoms with Gasteiger partial charge in [-0.1, -0.05) is 92.6 Å². The number of unbranched alkanes of at least 4 members (excludes halogenated alkanes) is 1. The van der Waals surface area contributed by atoms with Crippen LogP contribution in [-0.2, 0) is 11.3 Å². The van der Waals surface area contributed by atoms with Gasteiger partial charge in [-0.25, -0.2) is 4.39 Å². The van der Waals surface area contributed by atoms with Crippen molar-refractivity contribution in [2.24, 2.45) is 11.8 Å². The molecule has 1 saturated heterocycles. The molecule has 0 aromatic heterocycles. The van der Waals surface area contributed by atoms with Crippen LogP contribution in [0.15, 0.2) is 84.9 Å². The van der Waals surface area contributed by atoms with Crippen molar-refractivity contribution < 1.29 is 9.13 Å². The van der Waals surface area contributed by atoms with Crippen molar-refractivity contribution in [1.82, 2.24) is 4.90 Å². The summed E-state index contributed by atoms with van der Waals surface area (Å²) in [5, 5.41) is 0. The molecule has 0 N–H and O–H groups in total. The standard InChI is InChI=1S/C30H36FNO/c1-24-22-32(23-25-15-17-29(31)18-16-25)20-19-26(24)10-8-9-21-33-30(27-11-4-2-5-12-27)28-13-6-3-7-14-28/h2-7,11-18,24,26,30H,8-10,19-23H2,1H3. The molecule has 4 rings (SSSR count). The predicted molar refractivity (Wildman–Crippen MR) is 133 cm³/mol. The second kappa shape index (κ2) is 12.1. The van der Waals surface area contributed by atoms with Crippen molar-refractivity contribution in [3.63, 3.8) is 0 Å². The largest absolute Gasteiger partial charge is 0.369 e. The minimum absolute atomic E-state index is 0.000948. The molecule has 0 saturated carbocycles. The van der Waals surface area contributed by atoms with E-state index in [1.54, 1.807) is 12.1 Å². The molecule has 2 atom stereocenters. The minimum Gasteiger partial charge on any atom is -0.369 e. The lowest BCUT2D eigenvalue weighted by molar-refractivity contribution is 0.0726. The van der Waals surface area contributed by atoms with E-state index in [-0.39, 0.29) is 11.9 Å². The SMILES string of the molecule is CC1CN(Cc2ccc(F)cc2)CCC1CCCCOC(c1ccccc1)c1ccccc1. The number of ether oxygens (including phenoxy) is 1. The van der Waals surface area contributed by atoms with Gasteiger partial charge in [0, 0.05) is 19.7 Å². The van der Waals surface area contributed by atoms with Crippen molar-refractivity contribution >= 4 is 0 Å². The summed E-state index contributed by atoms with van der Waals surface area (Å²) in [5.41, 5.74) is 3.63. The maximum absolute atomic E-state index is 13.1. The Morgan fingerprint density at radius 1 is 0.879 bits per heavy atom. The highest BCUT2D eigenvalue weighted by atomic mass is 19.1. The first-order chi connectivity index (χ1) is 16.2. The Bertz CT molecular complexity index is 905. The molecule has 0 amide bonds. The first-order valence-electron chi connectivity index (χ1n) is 12.4. The Kier molecular flexibility index (Phi) is 8.68. The van der Waals surface area contributed by atoms with Gasteiger partial charge in [0.25, 0.3) is 0 Å². The third kappa shape index (κ3) is 6.99. The summed E-state index contributed by atoms with van der Waals surface area (Å²) < 4.78 is 19.5. The monoisotopic (exact) mass is 445 g/mol. The number of rotatable bonds is 10. The fourth-order valence-corrected chi connectivity index (χ4v) is 5.05. The Morgan fingerprint density at radius 3 is 2.12 bits per heavy atom. The van der Waals surface area contributed by atoms with Gasteiger partial charge in [0.15, 0.2) is 0 Å². The number of benzene rings is 3. The highest BCUT2D eigenvalue weighted by Crippen LogP contribution is 2.30. The molecule has 0 spiro atoms. The molecule has 33 heavy (non-hydrogen) atoms. The first-order valence-corrected chi connectivity index (χ1v) is 12.4. The second-order valence-electron chi connectivity index (χ2n) is 9.46. The summed E-state index contributed by atoms with van der Waals surface area (Å²) in [5.74, 6) is 1.32. The summed E-state index contributed by atoms with van der Waals surface area (Å²) in [7, 11) is 0. The number of hydrogen-bond donors (Lipinski definition) is 0. The van der Waals surface area contributed by atoms with E-state index in [0.717, 1.165) is 38.6 Å². The number of halogens is 1. The van der Waals surface area contributed by atoms with Crippen molar-refractivity contribution in [2.75, 3.05) is 19.7 Å². The van der Waals surface area contributed by atoms with Crippen LogP contribution in [0.2, 0.25) is 0 Å². The van der Waals surface area contributed by atoms with E-state index in [4.69, 9.17) is 4.74 Å². The number of nitrogens with zero attached hydrogens (tertiary/aromatic N) is 1. The third-order valence-corrected chi connectivity index (χ3v) is 6.94. The fraction of sp³-hybridized carbons (Fsp3) is 0.400. The lowest BCUT2D eigenvalue weighted by Crippen LogP contribution is -2.38. The first kappa shape index (κ1) is 23.7. The molecule has 2 nitrogen and oxygen atoms in total. The molecule has 1 fully saturated rings. The lowest BCUT2D eigenvalue weighted by Gasteiger charge is -2.37. The smallest absolute Gasteiger partial charge is 0.123 e. The van der Waals surface area contributed by atoms with E-state index in [9.17, 15) is 4.39 Å². The molecule has 3 heteroatoms. The summed E-state index contributed by atoms with van der Waals surface area (Å²) in [6.07, 6.45) is 4.83. The molecule has 174 valence electrons. The molecule has 0 radical (unpaired) electrons. The van der Waals surface area contributed by atoms with E-state index >= 15 is 0 Å². The zero-order valence-electron chi connectivity index (χ0n) is 19.7. The van der Waals surface area contributed by atoms with Crippen LogP contribution in [0, 0.1) is 17.7 Å². The molecule has 1 heterocycles. The van der Waals surface area contributed by atoms with Crippen molar-refractivity contribution in [2.45, 2.75) is 45.3 Å². The van der Waals surface area contributed by atoms with Gasteiger partial charge in [-0.15, -0.1) is 0 Å². The van der Waals surface area contributed by atoms with Gasteiger partial charge in [-0.05, 0) is 60.0 Å². The van der Waals surface area contributed by atoms with Crippen LogP contribution in [0.3, 0.4) is 0 Å². The van der Waals surface area contributed by atoms with Crippen LogP contribution in [0.4, 0.5) is 4.39 Å². The average molecular weight is 446 g/mol. The van der Waals surface area contributed by atoms with Crippen LogP contribution < -0.4 is 0 Å². The van der Waals surface area contributed by atoms with Gasteiger partial charge in [-0.2, -0.15) is 0 Å². The zero-order chi connectivity index (χ0) is 22.9. The molecular weight excluding hydrogens is 409 g/mol. The molecule has 1 aliphatic rings. The maximum atomic E-state index is 13.1. The summed E-state index contributed by atoms with van der Waals surface area (Å²) >= 11 is 0. The van der Waals surface area contributed by atoms with E-state index < -0.39 is 0 Å². The Hall–Kier alpha value is -2.49. The number of hydrogen-bond acceptors (Lipinski definition) is 2. The quantitative estimate of drug-likeness (QED) is 0.305. The Labute approximate surface area is 198 Å². The third-order valence-electron chi connectivity index (χ3n) is 6.94. The lowest BCUT2D eigenvalue weighted by atomic mass is 9.83. The fourth-order valence-electron chi connectivity index (χ4n) is 5.05. The molecule has 3 aromatic rings. The summed E-state index contributed by atoms with van der Waals surface area (Å²) in [4.78, 5) is 2.52. The zero-order valence-corrected chi connectivity index (χ0v) is 19.7. The van der Waals surface area contributed by atoms with Gasteiger partial charge < -0.3 is 4.74 Å². The van der Waals surface area contributed by atoms with Crippen LogP contribution >= 0.6 is 0 Å². The van der Waals surface area contributed by atoms with Gasteiger partial charge in [0.1, 0.15) is 11.9 Å². The van der Waals surface area contributed by atoms with E-state index in [2.05, 4.69) is 72.5 Å². The van der Waals surface area contributed by atoms with E-state index in [1.807, 2.05) is 12.1 Å². The van der Waals surface area contributed by atoms with Gasteiger partial charge in [-0.3, -0.25) is 4.90 Å². The average Bonchev–Trinajstić information content (AvgIpc) is 2.85. The highest BCUT2D eigenvalue weighted by molar-refractivity contribution is 5.29. The van der Waals surface area contributed by atoms with Crippen molar-refractivity contribution in [3.05, 3.63) is 107 Å². The van der Waals surface area contributed by atoms with Gasteiger partial charge in [0.05, 0.1) is 0 Å². The van der Waals surface area contributed by atoms with Crippen molar-refractivity contribution in [3.8, 4) is 0 Å². The van der Waals surface area contributed by atoms with E-state index in [0.29, 0.717) is 5.92 Å². The van der Waals surface area contributed by atoms with Crippen LogP contribution in [-0.4, -0.2) is 24.6 Å². The molecule has 3 aromatic carbocycles. The molecule has 0 aliphatic carbocycles. The topological polar surface area (TPSA) is 12.5 Å². The van der Waals surface area contributed by atoms with Crippen LogP contribution in [0.1, 0.15) is 55.4 Å².